The molecule has 0 aromatic heterocycles. The highest BCUT2D eigenvalue weighted by Gasteiger charge is 2.52. The van der Waals surface area contributed by atoms with Gasteiger partial charge in [0.2, 0.25) is 5.91 Å². The van der Waals surface area contributed by atoms with Crippen LogP contribution in [0.1, 0.15) is 63.5 Å². The number of nitrogens with one attached hydrogen (secondary N) is 1. The Morgan fingerprint density at radius 2 is 2.05 bits per heavy atom. The quantitative estimate of drug-likeness (QED) is 0.570. The van der Waals surface area contributed by atoms with Gasteiger partial charge < -0.3 is 19.7 Å². The van der Waals surface area contributed by atoms with Crippen LogP contribution in [-0.2, 0) is 20.7 Å². The zero-order valence-corrected chi connectivity index (χ0v) is 22.3. The van der Waals surface area contributed by atoms with Crippen molar-refractivity contribution in [2.24, 2.45) is 5.92 Å². The van der Waals surface area contributed by atoms with Crippen LogP contribution in [0.3, 0.4) is 0 Å². The summed E-state index contributed by atoms with van der Waals surface area (Å²) in [4.78, 5) is 30.0. The molecule has 1 saturated carbocycles. The van der Waals surface area contributed by atoms with Crippen LogP contribution < -0.4 is 5.32 Å². The van der Waals surface area contributed by atoms with Gasteiger partial charge in [-0.3, -0.25) is 9.69 Å². The summed E-state index contributed by atoms with van der Waals surface area (Å²) in [5.41, 5.74) is 0.676. The second-order valence-electron chi connectivity index (χ2n) is 11.6. The number of carbonyl (C=O) groups is 2. The molecule has 2 bridgehead atoms. The average Bonchev–Trinajstić information content (AvgIpc) is 3.58. The fourth-order valence-corrected chi connectivity index (χ4v) is 6.02. The van der Waals surface area contributed by atoms with Crippen LogP contribution in [0.2, 0.25) is 0 Å². The minimum absolute atomic E-state index is 0.0258. The topological polar surface area (TPSA) is 94.9 Å². The maximum absolute atomic E-state index is 15.1. The molecule has 202 valence electrons. The number of methoxy groups -OCH3 is 1. The number of fused-ring (bicyclic) bond motifs is 2. The van der Waals surface area contributed by atoms with Crippen molar-refractivity contribution in [2.45, 2.75) is 82.5 Å². The van der Waals surface area contributed by atoms with Gasteiger partial charge in [-0.05, 0) is 82.0 Å². The normalized spacial score (nSPS) is 26.2. The van der Waals surface area contributed by atoms with Crippen molar-refractivity contribution in [1.82, 2.24) is 15.1 Å². The fourth-order valence-electron chi connectivity index (χ4n) is 6.02. The number of hydrogen-bond donors (Lipinski definition) is 1. The van der Waals surface area contributed by atoms with E-state index in [2.05, 4.69) is 16.3 Å². The first-order valence-corrected chi connectivity index (χ1v) is 13.3. The molecule has 8 nitrogen and oxygen atoms in total. The van der Waals surface area contributed by atoms with Gasteiger partial charge in [0.05, 0.1) is 12.7 Å². The highest BCUT2D eigenvalue weighted by molar-refractivity contribution is 5.87. The van der Waals surface area contributed by atoms with Gasteiger partial charge in [0.25, 0.3) is 0 Å². The Balaban J connectivity index is 1.38. The second-order valence-corrected chi connectivity index (χ2v) is 11.6. The third-order valence-electron chi connectivity index (χ3n) is 7.79. The summed E-state index contributed by atoms with van der Waals surface area (Å²) >= 11 is 0. The Bertz CT molecular complexity index is 1040. The van der Waals surface area contributed by atoms with Gasteiger partial charge in [-0.15, -0.1) is 0 Å². The van der Waals surface area contributed by atoms with E-state index in [1.54, 1.807) is 44.9 Å². The van der Waals surface area contributed by atoms with Crippen LogP contribution in [0.5, 0.6) is 0 Å². The van der Waals surface area contributed by atoms with E-state index in [-0.39, 0.29) is 36.0 Å². The van der Waals surface area contributed by atoms with E-state index in [4.69, 9.17) is 9.47 Å². The number of benzene rings is 1. The molecule has 3 fully saturated rings. The van der Waals surface area contributed by atoms with Crippen molar-refractivity contribution in [3.8, 4) is 6.07 Å². The standard InChI is InChI=1S/C28H39FN4O4/c1-28(2,3)37-27(35)33-23-8-7-20(14-23)25(33)26(34)31-22(16-30)13-19-6-5-18(15-24(19)29)21-9-10-32(17-21)11-12-36-4/h5-6,15,20-23,25H,7-14,17H2,1-4H3,(H,31,34). The van der Waals surface area contributed by atoms with Crippen LogP contribution >= 0.6 is 0 Å². The SMILES string of the molecule is COCCN1CCC(c2ccc(CC(C#N)NC(=O)C3C4CCC(C4)N3C(=O)OC(C)(C)C)c(F)c2)C1. The molecule has 2 saturated heterocycles. The van der Waals surface area contributed by atoms with Gasteiger partial charge in [0.15, 0.2) is 0 Å². The molecule has 1 N–H and O–H groups in total. The number of carbonyl (C=O) groups excluding carboxylic acids is 2. The Morgan fingerprint density at radius 3 is 2.73 bits per heavy atom. The number of rotatable bonds is 8. The van der Waals surface area contributed by atoms with Gasteiger partial charge in [0, 0.05) is 32.7 Å². The molecule has 9 heteroatoms. The van der Waals surface area contributed by atoms with Crippen molar-refractivity contribution >= 4 is 12.0 Å². The van der Waals surface area contributed by atoms with Crippen molar-refractivity contribution < 1.29 is 23.5 Å². The van der Waals surface area contributed by atoms with E-state index in [0.717, 1.165) is 50.9 Å². The number of hydrogen-bond acceptors (Lipinski definition) is 6. The van der Waals surface area contributed by atoms with E-state index in [0.29, 0.717) is 12.2 Å². The smallest absolute Gasteiger partial charge is 0.411 e. The van der Waals surface area contributed by atoms with Crippen LogP contribution in [0.15, 0.2) is 18.2 Å². The number of nitriles is 1. The number of halogens is 1. The monoisotopic (exact) mass is 514 g/mol. The lowest BCUT2D eigenvalue weighted by molar-refractivity contribution is -0.128. The number of amides is 2. The summed E-state index contributed by atoms with van der Waals surface area (Å²) in [7, 11) is 1.69. The Labute approximate surface area is 219 Å². The Morgan fingerprint density at radius 1 is 1.27 bits per heavy atom. The van der Waals surface area contributed by atoms with E-state index in [1.165, 1.54) is 0 Å². The molecular weight excluding hydrogens is 475 g/mol. The molecule has 0 radical (unpaired) electrons. The lowest BCUT2D eigenvalue weighted by Gasteiger charge is -2.35. The van der Waals surface area contributed by atoms with Gasteiger partial charge in [-0.1, -0.05) is 12.1 Å². The van der Waals surface area contributed by atoms with Crippen molar-refractivity contribution in [3.63, 3.8) is 0 Å². The molecule has 1 aromatic carbocycles. The fraction of sp³-hybridized carbons (Fsp3) is 0.679. The van der Waals surface area contributed by atoms with E-state index in [9.17, 15) is 14.9 Å². The third kappa shape index (κ3) is 6.42. The van der Waals surface area contributed by atoms with Crippen LogP contribution in [0, 0.1) is 23.1 Å². The molecule has 2 heterocycles. The summed E-state index contributed by atoms with van der Waals surface area (Å²) in [6.07, 6.45) is 3.00. The van der Waals surface area contributed by atoms with E-state index in [1.807, 2.05) is 6.07 Å². The number of nitrogens with zero attached hydrogens (tertiary/aromatic N) is 3. The highest BCUT2D eigenvalue weighted by atomic mass is 19.1. The first-order chi connectivity index (χ1) is 17.6. The number of likely N-dealkylation sites (tertiary alicyclic amines) is 2. The van der Waals surface area contributed by atoms with Crippen LogP contribution in [-0.4, -0.2) is 78.9 Å². The predicted molar refractivity (Wildman–Crippen MR) is 136 cm³/mol. The third-order valence-corrected chi connectivity index (χ3v) is 7.79. The summed E-state index contributed by atoms with van der Waals surface area (Å²) in [5, 5.41) is 12.5. The molecule has 2 aliphatic heterocycles. The summed E-state index contributed by atoms with van der Waals surface area (Å²) in [5.74, 6) is -0.423. The molecule has 5 unspecified atom stereocenters. The summed E-state index contributed by atoms with van der Waals surface area (Å²) in [6, 6.07) is 5.73. The molecule has 3 aliphatic rings. The minimum atomic E-state index is -0.900. The van der Waals surface area contributed by atoms with Gasteiger partial charge in [-0.2, -0.15) is 5.26 Å². The van der Waals surface area contributed by atoms with Crippen molar-refractivity contribution in [3.05, 3.63) is 35.1 Å². The van der Waals surface area contributed by atoms with Crippen molar-refractivity contribution in [1.29, 1.82) is 5.26 Å². The lowest BCUT2D eigenvalue weighted by atomic mass is 9.95. The van der Waals surface area contributed by atoms with E-state index < -0.39 is 23.8 Å². The molecule has 1 aromatic rings. The largest absolute Gasteiger partial charge is 0.444 e. The first kappa shape index (κ1) is 27.3. The molecule has 4 rings (SSSR count). The zero-order valence-electron chi connectivity index (χ0n) is 22.3. The second kappa shape index (κ2) is 11.4. The van der Waals surface area contributed by atoms with Gasteiger partial charge in [0.1, 0.15) is 23.5 Å². The Kier molecular flexibility index (Phi) is 8.39. The van der Waals surface area contributed by atoms with E-state index >= 15 is 4.39 Å². The summed E-state index contributed by atoms with van der Waals surface area (Å²) in [6.45, 7) is 8.77. The molecular formula is C28H39FN4O4. The average molecular weight is 515 g/mol. The molecule has 37 heavy (non-hydrogen) atoms. The molecule has 2 amide bonds. The summed E-state index contributed by atoms with van der Waals surface area (Å²) < 4.78 is 25.8. The molecule has 0 spiro atoms. The van der Waals surface area contributed by atoms with Crippen LogP contribution in [0.4, 0.5) is 9.18 Å². The maximum atomic E-state index is 15.1. The first-order valence-electron chi connectivity index (χ1n) is 13.3. The molecule has 5 atom stereocenters. The number of piperidine rings is 1. The molecule has 1 aliphatic carbocycles. The highest BCUT2D eigenvalue weighted by Crippen LogP contribution is 2.43. The maximum Gasteiger partial charge on any atom is 0.411 e. The predicted octanol–water partition coefficient (Wildman–Crippen LogP) is 3.60. The van der Waals surface area contributed by atoms with Gasteiger partial charge >= 0.3 is 6.09 Å². The lowest BCUT2D eigenvalue weighted by Crippen LogP contribution is -2.55. The van der Waals surface area contributed by atoms with Crippen molar-refractivity contribution in [2.75, 3.05) is 33.4 Å². The minimum Gasteiger partial charge on any atom is -0.444 e. The van der Waals surface area contributed by atoms with Crippen LogP contribution in [0.25, 0.3) is 0 Å². The number of ether oxygens (including phenoxy) is 2. The zero-order chi connectivity index (χ0) is 26.7. The Hall–Kier alpha value is -2.70. The van der Waals surface area contributed by atoms with Gasteiger partial charge in [-0.25, -0.2) is 9.18 Å².